The molecule has 2 fully saturated rings. The topological polar surface area (TPSA) is 57.2 Å². The third-order valence-electron chi connectivity index (χ3n) is 5.46. The fourth-order valence-corrected chi connectivity index (χ4v) is 4.18. The van der Waals surface area contributed by atoms with Gasteiger partial charge in [0.25, 0.3) is 0 Å². The second-order valence-corrected chi connectivity index (χ2v) is 7.32. The van der Waals surface area contributed by atoms with Gasteiger partial charge in [0.1, 0.15) is 24.1 Å². The number of methoxy groups -OCH3 is 1. The van der Waals surface area contributed by atoms with Crippen LogP contribution in [0.2, 0.25) is 0 Å². The van der Waals surface area contributed by atoms with Crippen LogP contribution in [0.5, 0.6) is 5.75 Å². The van der Waals surface area contributed by atoms with Crippen molar-refractivity contribution >= 4 is 0 Å². The number of hydrogen-bond acceptors (Lipinski definition) is 5. The van der Waals surface area contributed by atoms with Crippen LogP contribution in [0.25, 0.3) is 11.1 Å². The highest BCUT2D eigenvalue weighted by Crippen LogP contribution is 2.35. The van der Waals surface area contributed by atoms with Gasteiger partial charge in [-0.15, -0.1) is 0 Å². The largest absolute Gasteiger partial charge is 0.485 e. The Morgan fingerprint density at radius 3 is 2.33 bits per heavy atom. The Kier molecular flexibility index (Phi) is 5.19. The molecule has 2 aromatic rings. The summed E-state index contributed by atoms with van der Waals surface area (Å²) in [6, 6.07) is 12.1. The summed E-state index contributed by atoms with van der Waals surface area (Å²) in [5.74, 6) is 0.825. The molecule has 0 bridgehead atoms. The molecule has 0 radical (unpaired) electrons. The van der Waals surface area contributed by atoms with Gasteiger partial charge in [-0.1, -0.05) is 18.2 Å². The summed E-state index contributed by atoms with van der Waals surface area (Å²) in [6.07, 6.45) is -0.287. The number of rotatable bonds is 5. The van der Waals surface area contributed by atoms with E-state index in [2.05, 4.69) is 32.0 Å². The van der Waals surface area contributed by atoms with Gasteiger partial charge in [-0.2, -0.15) is 0 Å². The lowest BCUT2D eigenvalue weighted by Gasteiger charge is -2.20. The maximum absolute atomic E-state index is 9.41. The van der Waals surface area contributed by atoms with Crippen LogP contribution in [-0.2, 0) is 20.8 Å². The third-order valence-corrected chi connectivity index (χ3v) is 5.46. The third kappa shape index (κ3) is 3.48. The molecule has 0 aliphatic carbocycles. The first-order valence-corrected chi connectivity index (χ1v) is 9.34. The van der Waals surface area contributed by atoms with Crippen LogP contribution in [-0.4, -0.2) is 49.8 Å². The minimum atomic E-state index is -0.127. The second kappa shape index (κ2) is 7.60. The Hall–Kier alpha value is -1.92. The van der Waals surface area contributed by atoms with Gasteiger partial charge in [-0.3, -0.25) is 0 Å². The fraction of sp³-hybridized carbons (Fsp3) is 0.455. The van der Waals surface area contributed by atoms with Crippen molar-refractivity contribution in [3.8, 4) is 16.9 Å². The summed E-state index contributed by atoms with van der Waals surface area (Å²) in [7, 11) is 1.69. The molecule has 4 rings (SSSR count). The summed E-state index contributed by atoms with van der Waals surface area (Å²) >= 11 is 0. The van der Waals surface area contributed by atoms with E-state index in [1.165, 1.54) is 5.56 Å². The highest BCUT2D eigenvalue weighted by atomic mass is 16.6. The predicted octanol–water partition coefficient (Wildman–Crippen LogP) is 3.02. The molecule has 1 N–H and O–H groups in total. The lowest BCUT2D eigenvalue weighted by Crippen LogP contribution is -2.35. The van der Waals surface area contributed by atoms with E-state index in [4.69, 9.17) is 18.9 Å². The van der Waals surface area contributed by atoms with Crippen molar-refractivity contribution in [1.82, 2.24) is 0 Å². The van der Waals surface area contributed by atoms with Gasteiger partial charge in [-0.05, 0) is 59.9 Å². The molecular formula is C22H26O5. The molecule has 2 saturated heterocycles. The summed E-state index contributed by atoms with van der Waals surface area (Å²) in [5, 5.41) is 9.41. The zero-order valence-electron chi connectivity index (χ0n) is 16.0. The van der Waals surface area contributed by atoms with Crippen molar-refractivity contribution in [1.29, 1.82) is 0 Å². The van der Waals surface area contributed by atoms with Gasteiger partial charge in [0, 0.05) is 7.11 Å². The number of aliphatic hydroxyl groups excluding tert-OH is 1. The predicted molar refractivity (Wildman–Crippen MR) is 102 cm³/mol. The first-order valence-electron chi connectivity index (χ1n) is 9.34. The SMILES string of the molecule is COC1COC2C(Oc3cc(C)c(-c4cccc(CO)c4)c(C)c3)COC12. The standard InChI is InChI=1S/C22H26O5/c1-13-7-17(27-19-12-26-21-18(24-3)11-25-22(19)21)8-14(2)20(13)16-6-4-5-15(9-16)10-23/h4-9,18-19,21-23H,10-12H2,1-3H3. The maximum atomic E-state index is 9.41. The Balaban J connectivity index is 1.56. The zero-order chi connectivity index (χ0) is 19.0. The Labute approximate surface area is 159 Å². The number of benzene rings is 2. The van der Waals surface area contributed by atoms with Crippen LogP contribution in [0.3, 0.4) is 0 Å². The van der Waals surface area contributed by atoms with E-state index < -0.39 is 0 Å². The normalized spacial score (nSPS) is 27.0. The number of aryl methyl sites for hydroxylation is 2. The minimum Gasteiger partial charge on any atom is -0.485 e. The van der Waals surface area contributed by atoms with Crippen molar-refractivity contribution < 1.29 is 24.1 Å². The first kappa shape index (κ1) is 18.4. The average Bonchev–Trinajstić information content (AvgIpc) is 3.24. The fourth-order valence-electron chi connectivity index (χ4n) is 4.18. The highest BCUT2D eigenvalue weighted by Gasteiger charge is 2.49. The summed E-state index contributed by atoms with van der Waals surface area (Å²) in [5.41, 5.74) is 5.46. The van der Waals surface area contributed by atoms with E-state index in [0.717, 1.165) is 28.0 Å². The molecule has 144 valence electrons. The van der Waals surface area contributed by atoms with Gasteiger partial charge in [0.2, 0.25) is 0 Å². The molecule has 0 spiro atoms. The Bertz CT molecular complexity index is 795. The number of fused-ring (bicyclic) bond motifs is 1. The highest BCUT2D eigenvalue weighted by molar-refractivity contribution is 5.72. The van der Waals surface area contributed by atoms with Crippen molar-refractivity contribution in [3.63, 3.8) is 0 Å². The van der Waals surface area contributed by atoms with Crippen molar-refractivity contribution in [2.45, 2.75) is 44.9 Å². The maximum Gasteiger partial charge on any atom is 0.151 e. The van der Waals surface area contributed by atoms with Gasteiger partial charge < -0.3 is 24.1 Å². The van der Waals surface area contributed by atoms with Crippen molar-refractivity contribution in [2.75, 3.05) is 20.3 Å². The molecule has 4 unspecified atom stereocenters. The molecule has 0 aromatic heterocycles. The molecule has 27 heavy (non-hydrogen) atoms. The van der Waals surface area contributed by atoms with Gasteiger partial charge in [0.05, 0.1) is 19.8 Å². The van der Waals surface area contributed by atoms with Crippen LogP contribution in [0.15, 0.2) is 36.4 Å². The molecule has 0 saturated carbocycles. The number of hydrogen-bond donors (Lipinski definition) is 1. The van der Waals surface area contributed by atoms with Crippen LogP contribution in [0.4, 0.5) is 0 Å². The summed E-state index contributed by atoms with van der Waals surface area (Å²) in [6.45, 7) is 5.26. The monoisotopic (exact) mass is 370 g/mol. The van der Waals surface area contributed by atoms with Crippen LogP contribution in [0.1, 0.15) is 16.7 Å². The lowest BCUT2D eigenvalue weighted by atomic mass is 9.94. The molecule has 4 atom stereocenters. The van der Waals surface area contributed by atoms with Gasteiger partial charge in [-0.25, -0.2) is 0 Å². The zero-order valence-corrected chi connectivity index (χ0v) is 16.0. The van der Waals surface area contributed by atoms with E-state index in [1.807, 2.05) is 18.2 Å². The van der Waals surface area contributed by atoms with E-state index in [9.17, 15) is 5.11 Å². The molecule has 2 aromatic carbocycles. The molecule has 2 aliphatic rings. The minimum absolute atomic E-state index is 0.0201. The van der Waals surface area contributed by atoms with Crippen LogP contribution in [0, 0.1) is 13.8 Å². The molecule has 0 amide bonds. The van der Waals surface area contributed by atoms with E-state index >= 15 is 0 Å². The smallest absolute Gasteiger partial charge is 0.151 e. The van der Waals surface area contributed by atoms with Gasteiger partial charge in [0.15, 0.2) is 6.10 Å². The molecule has 2 heterocycles. The molecule has 2 aliphatic heterocycles. The molecular weight excluding hydrogens is 344 g/mol. The van der Waals surface area contributed by atoms with Crippen molar-refractivity contribution in [3.05, 3.63) is 53.1 Å². The van der Waals surface area contributed by atoms with E-state index in [1.54, 1.807) is 7.11 Å². The van der Waals surface area contributed by atoms with E-state index in [0.29, 0.717) is 13.2 Å². The second-order valence-electron chi connectivity index (χ2n) is 7.32. The van der Waals surface area contributed by atoms with Crippen LogP contribution >= 0.6 is 0 Å². The first-order chi connectivity index (χ1) is 13.1. The summed E-state index contributed by atoms with van der Waals surface area (Å²) < 4.78 is 23.3. The number of ether oxygens (including phenoxy) is 4. The molecule has 5 heteroatoms. The lowest BCUT2D eigenvalue weighted by molar-refractivity contribution is -0.0138. The quantitative estimate of drug-likeness (QED) is 0.877. The van der Waals surface area contributed by atoms with Gasteiger partial charge >= 0.3 is 0 Å². The van der Waals surface area contributed by atoms with E-state index in [-0.39, 0.29) is 31.0 Å². The average molecular weight is 370 g/mol. The number of aliphatic hydroxyl groups is 1. The van der Waals surface area contributed by atoms with Crippen molar-refractivity contribution in [2.24, 2.45) is 0 Å². The molecule has 5 nitrogen and oxygen atoms in total. The Morgan fingerprint density at radius 1 is 1.00 bits per heavy atom. The van der Waals surface area contributed by atoms with Crippen LogP contribution < -0.4 is 4.74 Å². The summed E-state index contributed by atoms with van der Waals surface area (Å²) in [4.78, 5) is 0. The Morgan fingerprint density at radius 2 is 1.67 bits per heavy atom.